The minimum absolute atomic E-state index is 0.216. The number of carboxylic acid groups (broad SMARTS) is 1. The van der Waals surface area contributed by atoms with Crippen LogP contribution in [0.2, 0.25) is 0 Å². The number of fused-ring (bicyclic) bond motifs is 3. The lowest BCUT2D eigenvalue weighted by molar-refractivity contribution is -0.141. The van der Waals surface area contributed by atoms with Gasteiger partial charge in [0.1, 0.15) is 22.6 Å². The molecule has 10 nitrogen and oxygen atoms in total. The summed E-state index contributed by atoms with van der Waals surface area (Å²) in [7, 11) is 1.38. The van der Waals surface area contributed by atoms with Gasteiger partial charge < -0.3 is 19.9 Å². The van der Waals surface area contributed by atoms with Crippen molar-refractivity contribution in [2.75, 3.05) is 19.0 Å². The fraction of sp³-hybridized carbons (Fsp3) is 0.276. The summed E-state index contributed by atoms with van der Waals surface area (Å²) in [5.41, 5.74) is 5.58. The van der Waals surface area contributed by atoms with Gasteiger partial charge in [-0.25, -0.2) is 4.79 Å². The highest BCUT2D eigenvalue weighted by atomic mass is 32.1. The Kier molecular flexibility index (Phi) is 7.65. The van der Waals surface area contributed by atoms with Crippen LogP contribution in [-0.4, -0.2) is 51.2 Å². The Balaban J connectivity index is 1.49. The first-order valence-corrected chi connectivity index (χ1v) is 13.6. The van der Waals surface area contributed by atoms with Crippen molar-refractivity contribution in [3.63, 3.8) is 0 Å². The van der Waals surface area contributed by atoms with Crippen LogP contribution in [0.4, 0.5) is 11.4 Å². The Morgan fingerprint density at radius 1 is 1.07 bits per heavy atom. The van der Waals surface area contributed by atoms with Gasteiger partial charge in [0.15, 0.2) is 12.4 Å². The van der Waals surface area contributed by atoms with E-state index in [4.69, 9.17) is 19.6 Å². The van der Waals surface area contributed by atoms with E-state index in [1.54, 1.807) is 29.5 Å². The number of hydrogen-bond donors (Lipinski definition) is 2. The molecule has 1 aliphatic heterocycles. The van der Waals surface area contributed by atoms with Crippen molar-refractivity contribution in [2.45, 2.75) is 39.7 Å². The molecule has 206 valence electrons. The lowest BCUT2D eigenvalue weighted by atomic mass is 9.99. The topological polar surface area (TPSA) is 128 Å². The average Bonchev–Trinajstić information content (AvgIpc) is 3.42. The number of hydrogen-bond acceptors (Lipinski definition) is 9. The number of aliphatic imine (C=N–C) groups is 1. The predicted octanol–water partition coefficient (Wildman–Crippen LogP) is 5.31. The molecule has 1 aliphatic rings. The molecule has 40 heavy (non-hydrogen) atoms. The number of carboxylic acids is 1. The number of carbonyl (C=O) groups excluding carboxylic acids is 1. The number of nitrogens with zero attached hydrogens (tertiary/aromatic N) is 4. The van der Waals surface area contributed by atoms with E-state index in [9.17, 15) is 9.59 Å². The Morgan fingerprint density at radius 2 is 1.85 bits per heavy atom. The van der Waals surface area contributed by atoms with E-state index < -0.39 is 12.6 Å². The van der Waals surface area contributed by atoms with Crippen molar-refractivity contribution in [3.05, 3.63) is 81.7 Å². The molecule has 4 aromatic rings. The second kappa shape index (κ2) is 11.3. The summed E-state index contributed by atoms with van der Waals surface area (Å²) in [5, 5.41) is 22.0. The summed E-state index contributed by atoms with van der Waals surface area (Å²) >= 11 is 1.68. The molecule has 0 fully saturated rings. The van der Waals surface area contributed by atoms with Gasteiger partial charge in [0.2, 0.25) is 0 Å². The van der Waals surface area contributed by atoms with Gasteiger partial charge >= 0.3 is 11.9 Å². The summed E-state index contributed by atoms with van der Waals surface area (Å²) in [4.78, 5) is 29.2. The van der Waals surface area contributed by atoms with Gasteiger partial charge in [-0.1, -0.05) is 18.2 Å². The van der Waals surface area contributed by atoms with Crippen LogP contribution in [0.1, 0.15) is 52.1 Å². The van der Waals surface area contributed by atoms with Gasteiger partial charge in [-0.3, -0.25) is 14.4 Å². The maximum Gasteiger partial charge on any atom is 0.341 e. The highest BCUT2D eigenvalue weighted by Crippen LogP contribution is 2.40. The summed E-state index contributed by atoms with van der Waals surface area (Å²) in [6.45, 7) is 5.72. The Hall–Kier alpha value is -4.51. The van der Waals surface area contributed by atoms with Gasteiger partial charge in [-0.05, 0) is 57.0 Å². The highest BCUT2D eigenvalue weighted by molar-refractivity contribution is 7.15. The molecule has 0 saturated heterocycles. The van der Waals surface area contributed by atoms with E-state index in [0.717, 1.165) is 44.6 Å². The Morgan fingerprint density at radius 3 is 2.58 bits per heavy atom. The number of carbonyl (C=O) groups is 2. The number of aliphatic carboxylic acids is 1. The molecule has 2 aromatic carbocycles. The monoisotopic (exact) mass is 559 g/mol. The SMILES string of the molecule is COC(=O)CC[C@@H]1N=C(c2ccc(Nc3cccc(OCC(=O)O)c3)cc2)c2c(sc(C)c2C)-n2c(C)nnc21. The molecule has 1 atom stereocenters. The maximum atomic E-state index is 12.0. The molecule has 3 heterocycles. The lowest BCUT2D eigenvalue weighted by Crippen LogP contribution is -2.09. The standard InChI is InChI=1S/C29H29N5O5S/c1-16-17(2)40-29-26(16)27(31-23(12-13-25(37)38-4)28-33-32-18(3)34(28)29)19-8-10-20(11-9-19)30-21-6-5-7-22(14-21)39-15-24(35)36/h5-11,14,23,30H,12-13,15H2,1-4H3,(H,35,36)/t23-/m0/s1. The van der Waals surface area contributed by atoms with Gasteiger partial charge in [0.25, 0.3) is 0 Å². The lowest BCUT2D eigenvalue weighted by Gasteiger charge is -2.13. The Labute approximate surface area is 235 Å². The van der Waals surface area contributed by atoms with Gasteiger partial charge in [-0.15, -0.1) is 21.5 Å². The smallest absolute Gasteiger partial charge is 0.341 e. The third-order valence-electron chi connectivity index (χ3n) is 6.73. The Bertz CT molecular complexity index is 1610. The minimum atomic E-state index is -1.03. The molecule has 2 aromatic heterocycles. The predicted molar refractivity (Wildman–Crippen MR) is 152 cm³/mol. The first-order chi connectivity index (χ1) is 19.2. The zero-order chi connectivity index (χ0) is 28.4. The number of aromatic nitrogens is 3. The number of thiophene rings is 1. The summed E-state index contributed by atoms with van der Waals surface area (Å²) in [6.07, 6.45) is 0.662. The molecule has 0 amide bonds. The molecule has 11 heteroatoms. The minimum Gasteiger partial charge on any atom is -0.482 e. The number of benzene rings is 2. The summed E-state index contributed by atoms with van der Waals surface area (Å²) < 4.78 is 12.2. The third-order valence-corrected chi connectivity index (χ3v) is 7.92. The van der Waals surface area contributed by atoms with Crippen molar-refractivity contribution in [3.8, 4) is 10.8 Å². The van der Waals surface area contributed by atoms with Crippen molar-refractivity contribution in [1.29, 1.82) is 0 Å². The molecule has 0 bridgehead atoms. The highest BCUT2D eigenvalue weighted by Gasteiger charge is 2.31. The molecule has 5 rings (SSSR count). The quantitative estimate of drug-likeness (QED) is 0.264. The van der Waals surface area contributed by atoms with Crippen LogP contribution in [0.25, 0.3) is 5.00 Å². The number of anilines is 2. The van der Waals surface area contributed by atoms with Crippen LogP contribution in [0.3, 0.4) is 0 Å². The second-order valence-electron chi connectivity index (χ2n) is 9.43. The van der Waals surface area contributed by atoms with Crippen LogP contribution >= 0.6 is 11.3 Å². The molecular formula is C29H29N5O5S. The first kappa shape index (κ1) is 27.1. The molecular weight excluding hydrogens is 530 g/mol. The fourth-order valence-corrected chi connectivity index (χ4v) is 5.84. The van der Waals surface area contributed by atoms with E-state index >= 15 is 0 Å². The number of esters is 1. The molecule has 0 spiro atoms. The summed E-state index contributed by atoms with van der Waals surface area (Å²) in [6, 6.07) is 14.7. The van der Waals surface area contributed by atoms with Crippen LogP contribution in [0, 0.1) is 20.8 Å². The van der Waals surface area contributed by atoms with E-state index in [1.165, 1.54) is 12.0 Å². The largest absolute Gasteiger partial charge is 0.482 e. The number of rotatable bonds is 9. The van der Waals surface area contributed by atoms with Gasteiger partial charge in [0.05, 0.1) is 12.8 Å². The molecule has 0 radical (unpaired) electrons. The van der Waals surface area contributed by atoms with Crippen molar-refractivity contribution >= 4 is 40.4 Å². The average molecular weight is 560 g/mol. The van der Waals surface area contributed by atoms with Gasteiger partial charge in [-0.2, -0.15) is 0 Å². The van der Waals surface area contributed by atoms with Crippen molar-refractivity contribution in [2.24, 2.45) is 4.99 Å². The number of ether oxygens (including phenoxy) is 2. The third kappa shape index (κ3) is 5.46. The normalized spacial score (nSPS) is 14.0. The molecule has 0 unspecified atom stereocenters. The zero-order valence-corrected chi connectivity index (χ0v) is 23.4. The van der Waals surface area contributed by atoms with Gasteiger partial charge in [0, 0.05) is 39.9 Å². The van der Waals surface area contributed by atoms with Crippen LogP contribution < -0.4 is 10.1 Å². The van der Waals surface area contributed by atoms with Crippen LogP contribution in [-0.2, 0) is 14.3 Å². The van der Waals surface area contributed by atoms with E-state index in [0.29, 0.717) is 18.0 Å². The maximum absolute atomic E-state index is 12.0. The van der Waals surface area contributed by atoms with E-state index in [2.05, 4.69) is 33.9 Å². The van der Waals surface area contributed by atoms with Crippen molar-refractivity contribution < 1.29 is 24.2 Å². The summed E-state index contributed by atoms with van der Waals surface area (Å²) in [5.74, 6) is 0.622. The first-order valence-electron chi connectivity index (χ1n) is 12.7. The number of methoxy groups -OCH3 is 1. The number of aryl methyl sites for hydroxylation is 2. The van der Waals surface area contributed by atoms with Crippen LogP contribution in [0.5, 0.6) is 5.75 Å². The van der Waals surface area contributed by atoms with Crippen molar-refractivity contribution in [1.82, 2.24) is 14.8 Å². The van der Waals surface area contributed by atoms with E-state index in [-0.39, 0.29) is 18.4 Å². The molecule has 0 saturated carbocycles. The van der Waals surface area contributed by atoms with E-state index in [1.807, 2.05) is 37.3 Å². The number of nitrogens with one attached hydrogen (secondary N) is 1. The molecule has 0 aliphatic carbocycles. The second-order valence-corrected chi connectivity index (χ2v) is 10.6. The molecule has 2 N–H and O–H groups in total. The fourth-order valence-electron chi connectivity index (χ4n) is 4.62. The van der Waals surface area contributed by atoms with Crippen LogP contribution in [0.15, 0.2) is 53.5 Å². The zero-order valence-electron chi connectivity index (χ0n) is 22.6.